The van der Waals surface area contributed by atoms with Crippen LogP contribution in [-0.4, -0.2) is 58.1 Å². The number of aryl methyl sites for hydroxylation is 1. The lowest BCUT2D eigenvalue weighted by atomic mass is 10.1. The summed E-state index contributed by atoms with van der Waals surface area (Å²) < 4.78 is 34.2. The van der Waals surface area contributed by atoms with Crippen molar-refractivity contribution < 1.29 is 22.7 Å². The van der Waals surface area contributed by atoms with Gasteiger partial charge in [0.15, 0.2) is 0 Å². The Morgan fingerprint density at radius 3 is 2.26 bits per heavy atom. The summed E-state index contributed by atoms with van der Waals surface area (Å²) >= 11 is 1.51. The number of methoxy groups -OCH3 is 1. The van der Waals surface area contributed by atoms with E-state index in [1.165, 1.54) is 23.7 Å². The maximum absolute atomic E-state index is 14.0. The van der Waals surface area contributed by atoms with E-state index in [-0.39, 0.29) is 17.3 Å². The minimum Gasteiger partial charge on any atom is -0.497 e. The van der Waals surface area contributed by atoms with Crippen LogP contribution in [0.4, 0.5) is 5.69 Å². The van der Waals surface area contributed by atoms with Gasteiger partial charge in [-0.3, -0.25) is 13.9 Å². The topological polar surface area (TPSA) is 96.0 Å². The third-order valence-electron chi connectivity index (χ3n) is 6.37. The quantitative estimate of drug-likeness (QED) is 0.323. The minimum atomic E-state index is -4.11. The molecule has 2 amide bonds. The van der Waals surface area contributed by atoms with Crippen LogP contribution < -0.4 is 14.4 Å². The van der Waals surface area contributed by atoms with Crippen molar-refractivity contribution >= 4 is 39.3 Å². The smallest absolute Gasteiger partial charge is 0.264 e. The van der Waals surface area contributed by atoms with E-state index >= 15 is 0 Å². The number of anilines is 1. The second-order valence-electron chi connectivity index (χ2n) is 8.93. The number of benzene rings is 3. The number of rotatable bonds is 12. The third-order valence-corrected chi connectivity index (χ3v) is 8.90. The minimum absolute atomic E-state index is 0.0753. The van der Waals surface area contributed by atoms with Crippen molar-refractivity contribution in [2.24, 2.45) is 0 Å². The van der Waals surface area contributed by atoms with Crippen molar-refractivity contribution in [1.29, 1.82) is 0 Å². The first-order valence-corrected chi connectivity index (χ1v) is 15.2. The number of thioether (sulfide) groups is 1. The molecule has 3 aromatic carbocycles. The van der Waals surface area contributed by atoms with Crippen LogP contribution in [-0.2, 0) is 26.2 Å². The summed E-state index contributed by atoms with van der Waals surface area (Å²) in [5.41, 5.74) is 2.07. The van der Waals surface area contributed by atoms with E-state index in [4.69, 9.17) is 4.74 Å². The number of carbonyl (C=O) groups excluding carboxylic acids is 2. The average Bonchev–Trinajstić information content (AvgIpc) is 2.96. The number of carbonyl (C=O) groups is 2. The predicted molar refractivity (Wildman–Crippen MR) is 156 cm³/mol. The molecule has 8 nitrogen and oxygen atoms in total. The van der Waals surface area contributed by atoms with Gasteiger partial charge in [0, 0.05) is 18.5 Å². The Balaban J connectivity index is 2.05. The van der Waals surface area contributed by atoms with Gasteiger partial charge in [-0.1, -0.05) is 36.8 Å². The highest BCUT2D eigenvalue weighted by molar-refractivity contribution is 7.98. The number of amides is 2. The number of nitrogens with zero attached hydrogens (tertiary/aromatic N) is 2. The van der Waals surface area contributed by atoms with Crippen LogP contribution in [0.1, 0.15) is 24.5 Å². The average molecular weight is 570 g/mol. The molecule has 0 aliphatic heterocycles. The zero-order valence-electron chi connectivity index (χ0n) is 22.9. The fourth-order valence-electron chi connectivity index (χ4n) is 4.17. The summed E-state index contributed by atoms with van der Waals surface area (Å²) in [5, 5.41) is 2.63. The first-order chi connectivity index (χ1) is 18.6. The highest BCUT2D eigenvalue weighted by atomic mass is 32.2. The zero-order valence-corrected chi connectivity index (χ0v) is 24.5. The van der Waals surface area contributed by atoms with Gasteiger partial charge in [-0.2, -0.15) is 0 Å². The molecule has 0 aliphatic carbocycles. The van der Waals surface area contributed by atoms with Crippen LogP contribution in [0, 0.1) is 6.92 Å². The van der Waals surface area contributed by atoms with Crippen LogP contribution in [0.25, 0.3) is 0 Å². The van der Waals surface area contributed by atoms with E-state index in [1.807, 2.05) is 26.2 Å². The van der Waals surface area contributed by atoms with E-state index in [2.05, 4.69) is 5.32 Å². The molecule has 0 heterocycles. The van der Waals surface area contributed by atoms with Crippen molar-refractivity contribution in [3.8, 4) is 5.75 Å². The Bertz CT molecular complexity index is 1380. The molecule has 3 rings (SSSR count). The lowest BCUT2D eigenvalue weighted by Crippen LogP contribution is -2.51. The highest BCUT2D eigenvalue weighted by Gasteiger charge is 2.33. The molecular weight excluding hydrogens is 534 g/mol. The van der Waals surface area contributed by atoms with Gasteiger partial charge in [-0.25, -0.2) is 8.42 Å². The van der Waals surface area contributed by atoms with E-state index in [9.17, 15) is 18.0 Å². The third kappa shape index (κ3) is 7.33. The molecule has 1 N–H and O–H groups in total. The van der Waals surface area contributed by atoms with Gasteiger partial charge < -0.3 is 15.0 Å². The van der Waals surface area contributed by atoms with Crippen molar-refractivity contribution in [2.75, 3.05) is 31.3 Å². The summed E-state index contributed by atoms with van der Waals surface area (Å²) in [6.45, 7) is 3.34. The number of ether oxygens (including phenoxy) is 1. The lowest BCUT2D eigenvalue weighted by Gasteiger charge is -2.33. The van der Waals surface area contributed by atoms with Gasteiger partial charge in [-0.05, 0) is 73.7 Å². The Labute approximate surface area is 235 Å². The van der Waals surface area contributed by atoms with Gasteiger partial charge in [0.2, 0.25) is 11.8 Å². The first-order valence-electron chi connectivity index (χ1n) is 12.5. The molecule has 0 spiro atoms. The molecule has 208 valence electrons. The number of hydrogen-bond donors (Lipinski definition) is 1. The van der Waals surface area contributed by atoms with Crippen molar-refractivity contribution in [3.63, 3.8) is 0 Å². The Morgan fingerprint density at radius 2 is 1.69 bits per heavy atom. The Hall–Kier alpha value is -3.50. The number of sulfonamides is 1. The summed E-state index contributed by atoms with van der Waals surface area (Å²) in [4.78, 5) is 29.2. The van der Waals surface area contributed by atoms with Crippen LogP contribution in [0.3, 0.4) is 0 Å². The van der Waals surface area contributed by atoms with E-state index < -0.39 is 28.5 Å². The fraction of sp³-hybridized carbons (Fsp3) is 0.310. The number of nitrogens with one attached hydrogen (secondary N) is 1. The fourth-order valence-corrected chi connectivity index (χ4v) is 5.99. The molecule has 0 bridgehead atoms. The van der Waals surface area contributed by atoms with Crippen molar-refractivity contribution in [2.45, 2.75) is 42.6 Å². The van der Waals surface area contributed by atoms with Crippen LogP contribution in [0.15, 0.2) is 82.6 Å². The van der Waals surface area contributed by atoms with Gasteiger partial charge >= 0.3 is 0 Å². The largest absolute Gasteiger partial charge is 0.497 e. The molecule has 0 aromatic heterocycles. The SMILES string of the molecule is CC[C@@H](C(=O)NC)N(Cc1cccc(OC)c1)C(=O)CN(c1ccc(C)cc1)S(=O)(=O)c1ccc(SC)cc1. The maximum atomic E-state index is 14.0. The second-order valence-corrected chi connectivity index (χ2v) is 11.7. The molecule has 0 aliphatic rings. The van der Waals surface area contributed by atoms with Crippen molar-refractivity contribution in [3.05, 3.63) is 83.9 Å². The number of hydrogen-bond acceptors (Lipinski definition) is 6. The normalized spacial score (nSPS) is 11.9. The van der Waals surface area contributed by atoms with Crippen LogP contribution in [0.2, 0.25) is 0 Å². The molecule has 3 aromatic rings. The number of likely N-dealkylation sites (N-methyl/N-ethyl adjacent to an activating group) is 1. The molecule has 0 fully saturated rings. The molecule has 39 heavy (non-hydrogen) atoms. The molecular formula is C29H35N3O5S2. The molecule has 0 unspecified atom stereocenters. The Kier molecular flexibility index (Phi) is 10.4. The summed E-state index contributed by atoms with van der Waals surface area (Å²) in [6, 6.07) is 19.9. The van der Waals surface area contributed by atoms with E-state index in [0.29, 0.717) is 17.9 Å². The summed E-state index contributed by atoms with van der Waals surface area (Å²) in [6.07, 6.45) is 2.26. The summed E-state index contributed by atoms with van der Waals surface area (Å²) in [7, 11) is -1.04. The van der Waals surface area contributed by atoms with Gasteiger partial charge in [-0.15, -0.1) is 11.8 Å². The standard InChI is InChI=1S/C29H35N3O5S2/c1-6-27(29(34)30-3)31(19-22-8-7-9-24(18-22)37-4)28(33)20-32(23-12-10-21(2)11-13-23)39(35,36)26-16-14-25(38-5)15-17-26/h7-18,27H,6,19-20H2,1-5H3,(H,30,34)/t27-/m0/s1. The molecule has 0 saturated heterocycles. The predicted octanol–water partition coefficient (Wildman–Crippen LogP) is 4.47. The summed E-state index contributed by atoms with van der Waals surface area (Å²) in [5.74, 6) is -0.213. The molecule has 10 heteroatoms. The monoisotopic (exact) mass is 569 g/mol. The first kappa shape index (κ1) is 30.0. The van der Waals surface area contributed by atoms with E-state index in [0.717, 1.165) is 20.3 Å². The van der Waals surface area contributed by atoms with Crippen LogP contribution >= 0.6 is 11.8 Å². The lowest BCUT2D eigenvalue weighted by molar-refractivity contribution is -0.140. The Morgan fingerprint density at radius 1 is 1.03 bits per heavy atom. The molecule has 1 atom stereocenters. The highest BCUT2D eigenvalue weighted by Crippen LogP contribution is 2.27. The molecule has 0 radical (unpaired) electrons. The zero-order chi connectivity index (χ0) is 28.6. The van der Waals surface area contributed by atoms with E-state index in [1.54, 1.807) is 73.8 Å². The molecule has 0 saturated carbocycles. The van der Waals surface area contributed by atoms with Gasteiger partial charge in [0.25, 0.3) is 10.0 Å². The van der Waals surface area contributed by atoms with Gasteiger partial charge in [0.05, 0.1) is 17.7 Å². The van der Waals surface area contributed by atoms with Crippen LogP contribution in [0.5, 0.6) is 5.75 Å². The maximum Gasteiger partial charge on any atom is 0.264 e. The second kappa shape index (κ2) is 13.5. The van der Waals surface area contributed by atoms with Crippen molar-refractivity contribution in [1.82, 2.24) is 10.2 Å². The van der Waals surface area contributed by atoms with Gasteiger partial charge in [0.1, 0.15) is 18.3 Å².